The van der Waals surface area contributed by atoms with Crippen LogP contribution in [0.1, 0.15) is 28.6 Å². The highest BCUT2D eigenvalue weighted by Crippen LogP contribution is 2.21. The first-order valence-electron chi connectivity index (χ1n) is 9.06. The highest BCUT2D eigenvalue weighted by atomic mass is 32.1. The zero-order valence-electron chi connectivity index (χ0n) is 16.4. The lowest BCUT2D eigenvalue weighted by molar-refractivity contribution is 0.0955. The summed E-state index contributed by atoms with van der Waals surface area (Å²) in [5, 5.41) is 3.17. The summed E-state index contributed by atoms with van der Waals surface area (Å²) in [4.78, 5) is 38.6. The van der Waals surface area contributed by atoms with Gasteiger partial charge in [0.05, 0.1) is 23.9 Å². The molecule has 0 bridgehead atoms. The molecule has 2 heterocycles. The van der Waals surface area contributed by atoms with Gasteiger partial charge in [-0.1, -0.05) is 25.0 Å². The van der Waals surface area contributed by atoms with Gasteiger partial charge in [0, 0.05) is 20.0 Å². The van der Waals surface area contributed by atoms with Crippen molar-refractivity contribution in [2.24, 2.45) is 7.05 Å². The second-order valence-electron chi connectivity index (χ2n) is 6.30. The van der Waals surface area contributed by atoms with Crippen LogP contribution in [0.3, 0.4) is 0 Å². The maximum atomic E-state index is 12.7. The molecule has 0 aliphatic carbocycles. The molecule has 0 atom stereocenters. The van der Waals surface area contributed by atoms with Crippen LogP contribution in [0, 0.1) is 11.8 Å². The molecule has 1 amide bonds. The van der Waals surface area contributed by atoms with E-state index in [0.717, 1.165) is 27.2 Å². The summed E-state index contributed by atoms with van der Waals surface area (Å²) >= 11 is 1.12. The van der Waals surface area contributed by atoms with E-state index in [1.54, 1.807) is 14.2 Å². The predicted octanol–water partition coefficient (Wildman–Crippen LogP) is 2.11. The molecule has 0 aliphatic rings. The van der Waals surface area contributed by atoms with Gasteiger partial charge in [-0.25, -0.2) is 9.36 Å². The number of hydrogen-bond acceptors (Lipinski definition) is 5. The standard InChI is InChI=1S/C21H21N3O4S/c1-4-5-6-11-24-19(26)16-12-17(29-20(16)23(2)21(24)27)18(25)22-13-14-7-9-15(28-3)10-8-14/h7-10,12H,4,11,13H2,1-3H3,(H,22,25). The summed E-state index contributed by atoms with van der Waals surface area (Å²) < 4.78 is 7.59. The molecule has 7 nitrogen and oxygen atoms in total. The van der Waals surface area contributed by atoms with Gasteiger partial charge < -0.3 is 10.1 Å². The Morgan fingerprint density at radius 2 is 1.93 bits per heavy atom. The first-order valence-corrected chi connectivity index (χ1v) is 9.88. The fourth-order valence-corrected chi connectivity index (χ4v) is 3.83. The number of benzene rings is 1. The molecule has 3 rings (SSSR count). The maximum Gasteiger partial charge on any atom is 0.332 e. The van der Waals surface area contributed by atoms with Crippen molar-refractivity contribution in [2.75, 3.05) is 7.11 Å². The molecular formula is C21H21N3O4S. The molecule has 0 spiro atoms. The lowest BCUT2D eigenvalue weighted by Crippen LogP contribution is -2.38. The lowest BCUT2D eigenvalue weighted by atomic mass is 10.2. The van der Waals surface area contributed by atoms with Gasteiger partial charge in [-0.3, -0.25) is 14.2 Å². The van der Waals surface area contributed by atoms with Crippen LogP contribution in [0.4, 0.5) is 0 Å². The first-order chi connectivity index (χ1) is 14.0. The Labute approximate surface area is 171 Å². The van der Waals surface area contributed by atoms with Crippen molar-refractivity contribution in [3.8, 4) is 17.6 Å². The van der Waals surface area contributed by atoms with E-state index < -0.39 is 11.2 Å². The van der Waals surface area contributed by atoms with Gasteiger partial charge in [-0.15, -0.1) is 17.3 Å². The molecule has 0 fully saturated rings. The van der Waals surface area contributed by atoms with Gasteiger partial charge >= 0.3 is 5.69 Å². The maximum absolute atomic E-state index is 12.7. The second-order valence-corrected chi connectivity index (χ2v) is 7.33. The number of hydrogen-bond donors (Lipinski definition) is 1. The number of carbonyl (C=O) groups excluding carboxylic acids is 1. The minimum Gasteiger partial charge on any atom is -0.497 e. The zero-order valence-corrected chi connectivity index (χ0v) is 17.3. The smallest absolute Gasteiger partial charge is 0.332 e. The van der Waals surface area contributed by atoms with Crippen molar-refractivity contribution in [3.63, 3.8) is 0 Å². The second kappa shape index (κ2) is 8.80. The topological polar surface area (TPSA) is 82.3 Å². The van der Waals surface area contributed by atoms with Gasteiger partial charge in [0.15, 0.2) is 0 Å². The Morgan fingerprint density at radius 3 is 2.59 bits per heavy atom. The molecule has 2 aromatic heterocycles. The Kier molecular flexibility index (Phi) is 6.20. The van der Waals surface area contributed by atoms with Crippen molar-refractivity contribution in [1.29, 1.82) is 0 Å². The van der Waals surface area contributed by atoms with Crippen LogP contribution >= 0.6 is 11.3 Å². The van der Waals surface area contributed by atoms with Crippen molar-refractivity contribution in [3.05, 3.63) is 61.6 Å². The van der Waals surface area contributed by atoms with E-state index in [0.29, 0.717) is 28.1 Å². The SMILES string of the molecule is CCC#CCn1c(=O)c2cc(C(=O)NCc3ccc(OC)cc3)sc2n(C)c1=O. The van der Waals surface area contributed by atoms with E-state index >= 15 is 0 Å². The van der Waals surface area contributed by atoms with Crippen LogP contribution < -0.4 is 21.3 Å². The number of rotatable bonds is 5. The molecule has 0 unspecified atom stereocenters. The third kappa shape index (κ3) is 4.25. The number of carbonyl (C=O) groups is 1. The van der Waals surface area contributed by atoms with E-state index in [1.165, 1.54) is 10.6 Å². The molecule has 1 N–H and O–H groups in total. The van der Waals surface area contributed by atoms with Crippen LogP contribution in [0.5, 0.6) is 5.75 Å². The highest BCUT2D eigenvalue weighted by Gasteiger charge is 2.17. The van der Waals surface area contributed by atoms with Crippen molar-refractivity contribution < 1.29 is 9.53 Å². The lowest BCUT2D eigenvalue weighted by Gasteiger charge is -2.05. The number of nitrogens with zero attached hydrogens (tertiary/aromatic N) is 2. The Hall–Kier alpha value is -3.31. The molecule has 150 valence electrons. The zero-order chi connectivity index (χ0) is 21.0. The summed E-state index contributed by atoms with van der Waals surface area (Å²) in [7, 11) is 3.18. The summed E-state index contributed by atoms with van der Waals surface area (Å²) in [6.45, 7) is 2.27. The van der Waals surface area contributed by atoms with Crippen molar-refractivity contribution in [1.82, 2.24) is 14.5 Å². The number of methoxy groups -OCH3 is 1. The van der Waals surface area contributed by atoms with Gasteiger partial charge in [0.1, 0.15) is 10.6 Å². The Bertz CT molecular complexity index is 1220. The van der Waals surface area contributed by atoms with E-state index in [1.807, 2.05) is 31.2 Å². The minimum atomic E-state index is -0.444. The van der Waals surface area contributed by atoms with Gasteiger partial charge in [-0.05, 0) is 23.8 Å². The Balaban J connectivity index is 1.87. The minimum absolute atomic E-state index is 0.0319. The number of nitrogens with one attached hydrogen (secondary N) is 1. The number of ether oxygens (including phenoxy) is 1. The first kappa shape index (κ1) is 20.4. The van der Waals surface area contributed by atoms with Gasteiger partial charge in [0.25, 0.3) is 11.5 Å². The van der Waals surface area contributed by atoms with Crippen LogP contribution in [-0.4, -0.2) is 22.2 Å². The van der Waals surface area contributed by atoms with Crippen LogP contribution in [-0.2, 0) is 20.1 Å². The molecule has 0 radical (unpaired) electrons. The molecule has 0 aliphatic heterocycles. The predicted molar refractivity (Wildman–Crippen MR) is 114 cm³/mol. The van der Waals surface area contributed by atoms with E-state index in [-0.39, 0.29) is 12.5 Å². The molecule has 3 aromatic rings. The Morgan fingerprint density at radius 1 is 1.21 bits per heavy atom. The molecular weight excluding hydrogens is 390 g/mol. The largest absolute Gasteiger partial charge is 0.497 e. The van der Waals surface area contributed by atoms with E-state index in [4.69, 9.17) is 4.74 Å². The fraction of sp³-hybridized carbons (Fsp3) is 0.286. The average Bonchev–Trinajstić information content (AvgIpc) is 3.19. The normalized spacial score (nSPS) is 10.4. The van der Waals surface area contributed by atoms with E-state index in [9.17, 15) is 14.4 Å². The molecule has 0 saturated heterocycles. The highest BCUT2D eigenvalue weighted by molar-refractivity contribution is 7.20. The fourth-order valence-electron chi connectivity index (χ4n) is 2.81. The summed E-state index contributed by atoms with van der Waals surface area (Å²) in [6.07, 6.45) is 0.647. The number of fused-ring (bicyclic) bond motifs is 1. The van der Waals surface area contributed by atoms with Crippen molar-refractivity contribution in [2.45, 2.75) is 26.4 Å². The molecule has 29 heavy (non-hydrogen) atoms. The van der Waals surface area contributed by atoms with E-state index in [2.05, 4.69) is 17.2 Å². The van der Waals surface area contributed by atoms with Crippen LogP contribution in [0.25, 0.3) is 10.2 Å². The summed E-state index contributed by atoms with van der Waals surface area (Å²) in [5.41, 5.74) is 0.0448. The van der Waals surface area contributed by atoms with Crippen molar-refractivity contribution >= 4 is 27.5 Å². The summed E-state index contributed by atoms with van der Waals surface area (Å²) in [5.74, 6) is 6.11. The van der Waals surface area contributed by atoms with Gasteiger partial charge in [-0.2, -0.15) is 0 Å². The quantitative estimate of drug-likeness (QED) is 0.652. The summed E-state index contributed by atoms with van der Waals surface area (Å²) in [6, 6.07) is 8.91. The third-order valence-corrected chi connectivity index (χ3v) is 5.60. The molecule has 0 saturated carbocycles. The van der Waals surface area contributed by atoms with Crippen LogP contribution in [0.2, 0.25) is 0 Å². The number of thiophene rings is 1. The third-order valence-electron chi connectivity index (χ3n) is 4.39. The number of aromatic nitrogens is 2. The monoisotopic (exact) mass is 411 g/mol. The molecule has 1 aromatic carbocycles. The molecule has 8 heteroatoms. The number of aryl methyl sites for hydroxylation is 1. The van der Waals surface area contributed by atoms with Crippen LogP contribution in [0.15, 0.2) is 39.9 Å². The average molecular weight is 411 g/mol. The number of amides is 1. The van der Waals surface area contributed by atoms with Gasteiger partial charge in [0.2, 0.25) is 0 Å².